The minimum absolute atomic E-state index is 0.0335. The summed E-state index contributed by atoms with van der Waals surface area (Å²) in [6, 6.07) is 13.1. The van der Waals surface area contributed by atoms with Gasteiger partial charge < -0.3 is 29.7 Å². The second-order valence-electron chi connectivity index (χ2n) is 12.3. The van der Waals surface area contributed by atoms with Crippen LogP contribution in [0.15, 0.2) is 47.8 Å². The van der Waals surface area contributed by atoms with Crippen molar-refractivity contribution in [1.82, 2.24) is 25.0 Å². The van der Waals surface area contributed by atoms with Crippen LogP contribution in [0, 0.1) is 5.41 Å². The van der Waals surface area contributed by atoms with Gasteiger partial charge in [0.2, 0.25) is 5.91 Å². The number of nitrogens with one attached hydrogen (secondary N) is 1. The highest BCUT2D eigenvalue weighted by Crippen LogP contribution is 2.40. The van der Waals surface area contributed by atoms with Gasteiger partial charge >= 0.3 is 5.97 Å². The van der Waals surface area contributed by atoms with Gasteiger partial charge in [-0.05, 0) is 69.7 Å². The molecule has 2 N–H and O–H groups in total. The number of rotatable bonds is 14. The zero-order valence-electron chi connectivity index (χ0n) is 26.8. The first kappa shape index (κ1) is 33.4. The number of aromatic nitrogens is 1. The Balaban J connectivity index is 1.14. The van der Waals surface area contributed by atoms with Crippen LogP contribution in [0.4, 0.5) is 0 Å². The van der Waals surface area contributed by atoms with Gasteiger partial charge in [-0.25, -0.2) is 4.98 Å². The second kappa shape index (κ2) is 15.1. The van der Waals surface area contributed by atoms with E-state index in [-0.39, 0.29) is 31.4 Å². The van der Waals surface area contributed by atoms with Crippen molar-refractivity contribution in [2.45, 2.75) is 32.2 Å². The maximum absolute atomic E-state index is 13.4. The van der Waals surface area contributed by atoms with Gasteiger partial charge in [-0.15, -0.1) is 11.3 Å². The van der Waals surface area contributed by atoms with E-state index in [1.165, 1.54) is 11.3 Å². The summed E-state index contributed by atoms with van der Waals surface area (Å²) in [5.41, 5.74) is 2.46. The predicted molar refractivity (Wildman–Crippen MR) is 176 cm³/mol. The number of nitrogens with zero attached hydrogens (tertiary/aromatic N) is 4. The number of methoxy groups -OCH3 is 1. The molecule has 11 nitrogen and oxygen atoms in total. The van der Waals surface area contributed by atoms with Crippen molar-refractivity contribution in [2.24, 2.45) is 5.41 Å². The van der Waals surface area contributed by atoms with Crippen LogP contribution in [-0.2, 0) is 33.8 Å². The van der Waals surface area contributed by atoms with Crippen molar-refractivity contribution in [2.75, 3.05) is 67.1 Å². The summed E-state index contributed by atoms with van der Waals surface area (Å²) in [7, 11) is 5.73. The topological polar surface area (TPSA) is 125 Å². The van der Waals surface area contributed by atoms with E-state index in [0.29, 0.717) is 48.1 Å². The van der Waals surface area contributed by atoms with Gasteiger partial charge in [0.25, 0.3) is 5.91 Å². The van der Waals surface area contributed by atoms with Gasteiger partial charge in [0.05, 0.1) is 31.2 Å². The molecule has 1 saturated heterocycles. The number of benzene rings is 2. The molecule has 1 aliphatic carbocycles. The lowest BCUT2D eigenvalue weighted by Gasteiger charge is -2.34. The summed E-state index contributed by atoms with van der Waals surface area (Å²) >= 11 is 1.40. The highest BCUT2D eigenvalue weighted by atomic mass is 32.1. The van der Waals surface area contributed by atoms with Gasteiger partial charge in [0.15, 0.2) is 6.61 Å². The van der Waals surface area contributed by atoms with E-state index in [0.717, 1.165) is 49.3 Å². The van der Waals surface area contributed by atoms with Gasteiger partial charge in [0.1, 0.15) is 16.5 Å². The molecule has 1 fully saturated rings. The van der Waals surface area contributed by atoms with Gasteiger partial charge in [-0.1, -0.05) is 24.3 Å². The summed E-state index contributed by atoms with van der Waals surface area (Å²) in [5, 5.41) is 15.1. The summed E-state index contributed by atoms with van der Waals surface area (Å²) in [4.78, 5) is 49.1. The molecule has 2 aromatic carbocycles. The molecule has 5 rings (SSSR count). The zero-order valence-corrected chi connectivity index (χ0v) is 27.6. The van der Waals surface area contributed by atoms with Crippen molar-refractivity contribution < 1.29 is 29.0 Å². The number of ether oxygens (including phenoxy) is 2. The van der Waals surface area contributed by atoms with E-state index in [9.17, 15) is 19.5 Å². The lowest BCUT2D eigenvalue weighted by atomic mass is 9.80. The SMILES string of the molecule is COc1cc(OCC(=O)N2CCN(CCCN(C)C)CC2)ccc1-c1csc(CNC(=O)C2(CC(=O)O)Cc3ccccc3C2)n1. The number of thiazole rings is 1. The summed E-state index contributed by atoms with van der Waals surface area (Å²) < 4.78 is 11.5. The first-order chi connectivity index (χ1) is 22.2. The van der Waals surface area contributed by atoms with Crippen LogP contribution in [-0.4, -0.2) is 110 Å². The fraction of sp³-hybridized carbons (Fsp3) is 0.471. The van der Waals surface area contributed by atoms with Gasteiger partial charge in [0, 0.05) is 43.2 Å². The Morgan fingerprint density at radius 2 is 1.78 bits per heavy atom. The van der Waals surface area contributed by atoms with E-state index >= 15 is 0 Å². The molecule has 0 spiro atoms. The Morgan fingerprint density at radius 1 is 1.07 bits per heavy atom. The van der Waals surface area contributed by atoms with Crippen molar-refractivity contribution in [1.29, 1.82) is 0 Å². The van der Waals surface area contributed by atoms with E-state index in [2.05, 4.69) is 29.2 Å². The number of piperazine rings is 1. The molecule has 0 radical (unpaired) electrons. The third-order valence-corrected chi connectivity index (χ3v) is 9.56. The maximum atomic E-state index is 13.4. The highest BCUT2D eigenvalue weighted by molar-refractivity contribution is 7.09. The largest absolute Gasteiger partial charge is 0.496 e. The molecule has 2 aliphatic rings. The molecular weight excluding hydrogens is 606 g/mol. The van der Waals surface area contributed by atoms with Crippen molar-refractivity contribution in [3.63, 3.8) is 0 Å². The van der Waals surface area contributed by atoms with Crippen molar-refractivity contribution in [3.8, 4) is 22.8 Å². The molecule has 2 amide bonds. The Kier molecular flexibility index (Phi) is 10.9. The molecule has 12 heteroatoms. The number of carbonyl (C=O) groups excluding carboxylic acids is 2. The standard InChI is InChI=1S/C34H43N5O6S/c1-37(2)11-6-12-38-13-15-39(16-14-38)31(40)22-45-26-9-10-27(29(17-26)44-3)28-23-46-30(36-28)21-35-33(43)34(20-32(41)42)18-24-7-4-5-8-25(24)19-34/h4-5,7-10,17,23H,6,11-16,18-22H2,1-3H3,(H,35,43)(H,41,42). The van der Waals surface area contributed by atoms with Crippen LogP contribution in [0.5, 0.6) is 11.5 Å². The lowest BCUT2D eigenvalue weighted by molar-refractivity contribution is -0.145. The van der Waals surface area contributed by atoms with Crippen molar-refractivity contribution in [3.05, 3.63) is 64.0 Å². The smallest absolute Gasteiger partial charge is 0.304 e. The van der Waals surface area contributed by atoms with Crippen LogP contribution < -0.4 is 14.8 Å². The molecule has 1 aliphatic heterocycles. The quantitative estimate of drug-likeness (QED) is 0.271. The number of carboxylic acids is 1. The summed E-state index contributed by atoms with van der Waals surface area (Å²) in [6.45, 7) is 5.40. The number of hydrogen-bond donors (Lipinski definition) is 2. The molecular formula is C34H43N5O6S. The van der Waals surface area contributed by atoms with Crippen LogP contribution in [0.2, 0.25) is 0 Å². The fourth-order valence-corrected chi connectivity index (χ4v) is 6.98. The van der Waals surface area contributed by atoms with Crippen LogP contribution in [0.25, 0.3) is 11.3 Å². The number of amides is 2. The summed E-state index contributed by atoms with van der Waals surface area (Å²) in [5.74, 6) is -0.221. The van der Waals surface area contributed by atoms with Crippen molar-refractivity contribution >= 4 is 29.1 Å². The van der Waals surface area contributed by atoms with Crippen LogP contribution in [0.1, 0.15) is 29.0 Å². The minimum atomic E-state index is -1.02. The van der Waals surface area contributed by atoms with Gasteiger partial charge in [-0.3, -0.25) is 19.3 Å². The molecule has 0 bridgehead atoms. The summed E-state index contributed by atoms with van der Waals surface area (Å²) in [6.07, 6.45) is 1.68. The molecule has 0 atom stereocenters. The molecule has 0 unspecified atom stereocenters. The van der Waals surface area contributed by atoms with E-state index < -0.39 is 11.4 Å². The average Bonchev–Trinajstić information content (AvgIpc) is 3.67. The maximum Gasteiger partial charge on any atom is 0.304 e. The monoisotopic (exact) mass is 649 g/mol. The van der Waals surface area contributed by atoms with Gasteiger partial charge in [-0.2, -0.15) is 0 Å². The molecule has 246 valence electrons. The molecule has 2 heterocycles. The molecule has 3 aromatic rings. The Hall–Kier alpha value is -4.00. The molecule has 1 aromatic heterocycles. The average molecular weight is 650 g/mol. The Bertz CT molecular complexity index is 1510. The number of fused-ring (bicyclic) bond motifs is 1. The van der Waals surface area contributed by atoms with E-state index in [1.54, 1.807) is 19.2 Å². The third kappa shape index (κ3) is 8.23. The molecule has 46 heavy (non-hydrogen) atoms. The zero-order chi connectivity index (χ0) is 32.7. The first-order valence-corrected chi connectivity index (χ1v) is 16.5. The number of aliphatic carboxylic acids is 1. The normalized spacial score (nSPS) is 15.9. The predicted octanol–water partition coefficient (Wildman–Crippen LogP) is 3.17. The highest BCUT2D eigenvalue weighted by Gasteiger charge is 2.45. The molecule has 0 saturated carbocycles. The number of carbonyl (C=O) groups is 3. The van der Waals surface area contributed by atoms with E-state index in [4.69, 9.17) is 14.5 Å². The Morgan fingerprint density at radius 3 is 2.43 bits per heavy atom. The fourth-order valence-electron chi connectivity index (χ4n) is 6.25. The van der Waals surface area contributed by atoms with Crippen LogP contribution in [0.3, 0.4) is 0 Å². The van der Waals surface area contributed by atoms with E-state index in [1.807, 2.05) is 40.6 Å². The third-order valence-electron chi connectivity index (χ3n) is 8.72. The number of hydrogen-bond acceptors (Lipinski definition) is 9. The van der Waals surface area contributed by atoms with Crippen LogP contribution >= 0.6 is 11.3 Å². The minimum Gasteiger partial charge on any atom is -0.496 e. The lowest BCUT2D eigenvalue weighted by Crippen LogP contribution is -2.50. The number of carboxylic acid groups (broad SMARTS) is 1. The first-order valence-electron chi connectivity index (χ1n) is 15.6. The second-order valence-corrected chi connectivity index (χ2v) is 13.3. The Labute approximate surface area is 274 Å².